The molecule has 0 aromatic heterocycles. The summed E-state index contributed by atoms with van der Waals surface area (Å²) in [5, 5.41) is 3.31. The minimum atomic E-state index is 0.200. The van der Waals surface area contributed by atoms with Gasteiger partial charge in [0.2, 0.25) is 5.91 Å². The molecule has 2 heterocycles. The molecule has 2 rings (SSSR count). The summed E-state index contributed by atoms with van der Waals surface area (Å²) in [6.45, 7) is 3.52. The molecule has 1 amide bonds. The topological polar surface area (TPSA) is 41.6 Å². The fraction of sp³-hybridized carbons (Fsp3) is 0.917. The number of piperidine rings is 1. The second-order valence-electron chi connectivity index (χ2n) is 4.83. The Balaban J connectivity index is 1.91. The molecule has 4 heteroatoms. The van der Waals surface area contributed by atoms with Gasteiger partial charge < -0.3 is 15.0 Å². The molecule has 0 aromatic rings. The Morgan fingerprint density at radius 1 is 1.44 bits per heavy atom. The molecule has 0 aliphatic carbocycles. The van der Waals surface area contributed by atoms with E-state index in [1.54, 1.807) is 7.11 Å². The monoisotopic (exact) mass is 226 g/mol. The van der Waals surface area contributed by atoms with Gasteiger partial charge in [-0.1, -0.05) is 0 Å². The zero-order valence-electron chi connectivity index (χ0n) is 10.1. The molecule has 2 aliphatic rings. The van der Waals surface area contributed by atoms with Gasteiger partial charge in [0.25, 0.3) is 0 Å². The van der Waals surface area contributed by atoms with Gasteiger partial charge in [0.15, 0.2) is 0 Å². The Kier molecular flexibility index (Phi) is 4.18. The second-order valence-corrected chi connectivity index (χ2v) is 4.83. The van der Waals surface area contributed by atoms with E-state index in [9.17, 15) is 4.79 Å². The average molecular weight is 226 g/mol. The maximum atomic E-state index is 12.3. The van der Waals surface area contributed by atoms with Crippen LogP contribution in [0.1, 0.15) is 25.7 Å². The summed E-state index contributed by atoms with van der Waals surface area (Å²) >= 11 is 0. The Bertz CT molecular complexity index is 239. The highest BCUT2D eigenvalue weighted by molar-refractivity contribution is 5.79. The number of rotatable bonds is 3. The van der Waals surface area contributed by atoms with Gasteiger partial charge >= 0.3 is 0 Å². The molecule has 2 saturated heterocycles. The minimum absolute atomic E-state index is 0.200. The summed E-state index contributed by atoms with van der Waals surface area (Å²) in [6, 6.07) is 0.319. The summed E-state index contributed by atoms with van der Waals surface area (Å²) in [6.07, 6.45) is 4.39. The van der Waals surface area contributed by atoms with Crippen LogP contribution in [0, 0.1) is 5.92 Å². The first-order valence-corrected chi connectivity index (χ1v) is 6.33. The summed E-state index contributed by atoms with van der Waals surface area (Å²) in [4.78, 5) is 14.4. The lowest BCUT2D eigenvalue weighted by Crippen LogP contribution is -2.46. The molecule has 16 heavy (non-hydrogen) atoms. The highest BCUT2D eigenvalue weighted by Gasteiger charge is 2.33. The number of nitrogens with one attached hydrogen (secondary N) is 1. The predicted molar refractivity (Wildman–Crippen MR) is 62.2 cm³/mol. The normalized spacial score (nSPS) is 30.7. The molecule has 2 fully saturated rings. The molecule has 92 valence electrons. The minimum Gasteiger partial charge on any atom is -0.383 e. The van der Waals surface area contributed by atoms with Gasteiger partial charge in [-0.2, -0.15) is 0 Å². The van der Waals surface area contributed by atoms with Gasteiger partial charge in [0, 0.05) is 20.2 Å². The first-order valence-electron chi connectivity index (χ1n) is 6.33. The lowest BCUT2D eigenvalue weighted by Gasteiger charge is -2.30. The number of carbonyl (C=O) groups is 1. The van der Waals surface area contributed by atoms with Gasteiger partial charge in [0.05, 0.1) is 18.6 Å². The van der Waals surface area contributed by atoms with Gasteiger partial charge in [-0.3, -0.25) is 4.79 Å². The summed E-state index contributed by atoms with van der Waals surface area (Å²) in [5.41, 5.74) is 0. The number of ether oxygens (including phenoxy) is 1. The van der Waals surface area contributed by atoms with Crippen LogP contribution in [0.15, 0.2) is 0 Å². The van der Waals surface area contributed by atoms with Crippen LogP contribution in [0.3, 0.4) is 0 Å². The first kappa shape index (κ1) is 11.9. The third kappa shape index (κ3) is 2.55. The molecule has 4 nitrogen and oxygen atoms in total. The SMILES string of the molecule is COC[C@H]1CCCN1C(=O)[C@H]1CCCNC1. The summed E-state index contributed by atoms with van der Waals surface area (Å²) in [7, 11) is 1.71. The van der Waals surface area contributed by atoms with E-state index < -0.39 is 0 Å². The van der Waals surface area contributed by atoms with Gasteiger partial charge in [-0.25, -0.2) is 0 Å². The first-order chi connectivity index (χ1) is 7.83. The van der Waals surface area contributed by atoms with Gasteiger partial charge in [-0.05, 0) is 32.2 Å². The lowest BCUT2D eigenvalue weighted by molar-refractivity contribution is -0.137. The van der Waals surface area contributed by atoms with E-state index in [2.05, 4.69) is 5.32 Å². The molecular weight excluding hydrogens is 204 g/mol. The second kappa shape index (κ2) is 5.64. The van der Waals surface area contributed by atoms with E-state index in [0.717, 1.165) is 45.3 Å². The molecule has 0 aromatic carbocycles. The van der Waals surface area contributed by atoms with Crippen molar-refractivity contribution in [3.8, 4) is 0 Å². The molecule has 0 spiro atoms. The number of amides is 1. The zero-order chi connectivity index (χ0) is 11.4. The average Bonchev–Trinajstić information content (AvgIpc) is 2.78. The Morgan fingerprint density at radius 3 is 3.00 bits per heavy atom. The quantitative estimate of drug-likeness (QED) is 0.767. The third-order valence-corrected chi connectivity index (χ3v) is 3.67. The molecule has 0 saturated carbocycles. The number of nitrogens with zero attached hydrogens (tertiary/aromatic N) is 1. The highest BCUT2D eigenvalue weighted by atomic mass is 16.5. The fourth-order valence-electron chi connectivity index (χ4n) is 2.79. The van der Waals surface area contributed by atoms with Crippen LogP contribution in [0.5, 0.6) is 0 Å². The molecule has 0 bridgehead atoms. The summed E-state index contributed by atoms with van der Waals surface area (Å²) in [5.74, 6) is 0.540. The lowest BCUT2D eigenvalue weighted by atomic mass is 9.98. The van der Waals surface area contributed by atoms with Crippen LogP contribution in [0.4, 0.5) is 0 Å². The van der Waals surface area contributed by atoms with Crippen molar-refractivity contribution in [1.29, 1.82) is 0 Å². The summed E-state index contributed by atoms with van der Waals surface area (Å²) < 4.78 is 5.18. The van der Waals surface area contributed by atoms with E-state index in [1.165, 1.54) is 0 Å². The van der Waals surface area contributed by atoms with Gasteiger partial charge in [0.1, 0.15) is 0 Å². The number of hydrogen-bond donors (Lipinski definition) is 1. The molecule has 0 radical (unpaired) electrons. The molecule has 2 aliphatic heterocycles. The Morgan fingerprint density at radius 2 is 2.31 bits per heavy atom. The van der Waals surface area contributed by atoms with Crippen LogP contribution in [0.25, 0.3) is 0 Å². The predicted octanol–water partition coefficient (Wildman–Crippen LogP) is 0.623. The zero-order valence-corrected chi connectivity index (χ0v) is 10.1. The van der Waals surface area contributed by atoms with E-state index in [4.69, 9.17) is 4.74 Å². The number of hydrogen-bond acceptors (Lipinski definition) is 3. The van der Waals surface area contributed by atoms with Crippen LogP contribution in [-0.2, 0) is 9.53 Å². The fourth-order valence-corrected chi connectivity index (χ4v) is 2.79. The van der Waals surface area contributed by atoms with Crippen molar-refractivity contribution < 1.29 is 9.53 Å². The van der Waals surface area contributed by atoms with Crippen LogP contribution in [0.2, 0.25) is 0 Å². The van der Waals surface area contributed by atoms with Crippen molar-refractivity contribution in [2.45, 2.75) is 31.7 Å². The Labute approximate surface area is 97.3 Å². The number of carbonyl (C=O) groups excluding carboxylic acids is 1. The third-order valence-electron chi connectivity index (χ3n) is 3.67. The molecule has 1 N–H and O–H groups in total. The molecule has 0 unspecified atom stereocenters. The van der Waals surface area contributed by atoms with E-state index in [-0.39, 0.29) is 5.92 Å². The van der Waals surface area contributed by atoms with Crippen molar-refractivity contribution in [1.82, 2.24) is 10.2 Å². The van der Waals surface area contributed by atoms with Crippen molar-refractivity contribution in [2.75, 3.05) is 33.4 Å². The van der Waals surface area contributed by atoms with Crippen LogP contribution >= 0.6 is 0 Å². The number of methoxy groups -OCH3 is 1. The van der Waals surface area contributed by atoms with E-state index >= 15 is 0 Å². The molecule has 2 atom stereocenters. The number of likely N-dealkylation sites (tertiary alicyclic amines) is 1. The smallest absolute Gasteiger partial charge is 0.227 e. The van der Waals surface area contributed by atoms with E-state index in [1.807, 2.05) is 4.90 Å². The molecular formula is C12H22N2O2. The van der Waals surface area contributed by atoms with Crippen molar-refractivity contribution in [3.05, 3.63) is 0 Å². The van der Waals surface area contributed by atoms with Crippen LogP contribution < -0.4 is 5.32 Å². The van der Waals surface area contributed by atoms with Crippen molar-refractivity contribution in [3.63, 3.8) is 0 Å². The van der Waals surface area contributed by atoms with Crippen LogP contribution in [-0.4, -0.2) is 50.2 Å². The van der Waals surface area contributed by atoms with Gasteiger partial charge in [-0.15, -0.1) is 0 Å². The maximum Gasteiger partial charge on any atom is 0.227 e. The van der Waals surface area contributed by atoms with Crippen molar-refractivity contribution >= 4 is 5.91 Å². The van der Waals surface area contributed by atoms with E-state index in [0.29, 0.717) is 18.6 Å². The largest absolute Gasteiger partial charge is 0.383 e. The maximum absolute atomic E-state index is 12.3. The standard InChI is InChI=1S/C12H22N2O2/c1-16-9-11-5-3-7-14(11)12(15)10-4-2-6-13-8-10/h10-11,13H,2-9H2,1H3/t10-,11+/m0/s1. The Hall–Kier alpha value is -0.610. The van der Waals surface area contributed by atoms with Crippen molar-refractivity contribution in [2.24, 2.45) is 5.92 Å². The highest BCUT2D eigenvalue weighted by Crippen LogP contribution is 2.22.